The van der Waals surface area contributed by atoms with Gasteiger partial charge in [0.15, 0.2) is 6.10 Å². The molecule has 4 aromatic rings. The molecule has 3 fully saturated rings. The van der Waals surface area contributed by atoms with E-state index in [-0.39, 0.29) is 18.2 Å². The van der Waals surface area contributed by atoms with E-state index in [1.54, 1.807) is 35.5 Å². The lowest BCUT2D eigenvalue weighted by Gasteiger charge is -2.42. The molecule has 1 aliphatic carbocycles. The average Bonchev–Trinajstić information content (AvgIpc) is 3.84. The predicted molar refractivity (Wildman–Crippen MR) is 193 cm³/mol. The van der Waals surface area contributed by atoms with Crippen molar-refractivity contribution in [3.63, 3.8) is 0 Å². The average molecular weight is 707 g/mol. The monoisotopic (exact) mass is 706 g/mol. The maximum absolute atomic E-state index is 9.73. The number of hydrogen-bond donors (Lipinski definition) is 1. The quantitative estimate of drug-likeness (QED) is 0.197. The number of ether oxygens (including phenoxy) is 4. The summed E-state index contributed by atoms with van der Waals surface area (Å²) in [5.41, 5.74) is 2.63. The Morgan fingerprint density at radius 2 is 1.77 bits per heavy atom. The van der Waals surface area contributed by atoms with Crippen molar-refractivity contribution >= 4 is 11.6 Å². The van der Waals surface area contributed by atoms with E-state index < -0.39 is 6.10 Å². The second-order valence-corrected chi connectivity index (χ2v) is 14.0. The number of anilines is 2. The van der Waals surface area contributed by atoms with Crippen molar-refractivity contribution < 1.29 is 18.9 Å². The Morgan fingerprint density at radius 1 is 1.02 bits per heavy atom. The van der Waals surface area contributed by atoms with Crippen LogP contribution in [0, 0.1) is 29.6 Å². The lowest BCUT2D eigenvalue weighted by molar-refractivity contribution is -0.0852. The van der Waals surface area contributed by atoms with Crippen molar-refractivity contribution in [1.82, 2.24) is 39.4 Å². The van der Waals surface area contributed by atoms with Crippen LogP contribution in [-0.4, -0.2) is 96.7 Å². The number of nitrogens with zero attached hydrogens (tertiary/aromatic N) is 9. The molecule has 14 heteroatoms. The Bertz CT molecular complexity index is 1830. The van der Waals surface area contributed by atoms with Crippen LogP contribution in [0.2, 0.25) is 0 Å². The van der Waals surface area contributed by atoms with Crippen LogP contribution in [0.3, 0.4) is 0 Å². The molecule has 0 bridgehead atoms. The van der Waals surface area contributed by atoms with Crippen LogP contribution in [0.1, 0.15) is 64.0 Å². The minimum atomic E-state index is -0.650. The highest BCUT2D eigenvalue weighted by molar-refractivity contribution is 5.67. The van der Waals surface area contributed by atoms with Crippen LogP contribution in [0.25, 0.3) is 11.1 Å². The number of rotatable bonds is 12. The zero-order chi connectivity index (χ0) is 35.9. The van der Waals surface area contributed by atoms with E-state index in [9.17, 15) is 5.26 Å². The minimum absolute atomic E-state index is 0.270. The summed E-state index contributed by atoms with van der Waals surface area (Å²) in [4.78, 5) is 15.8. The molecule has 272 valence electrons. The molecule has 5 heterocycles. The number of aromatic nitrogens is 7. The van der Waals surface area contributed by atoms with Gasteiger partial charge in [-0.25, -0.2) is 19.6 Å². The molecule has 0 unspecified atom stereocenters. The maximum atomic E-state index is 9.73. The first-order chi connectivity index (χ1) is 25.4. The second-order valence-electron chi connectivity index (χ2n) is 14.0. The van der Waals surface area contributed by atoms with Crippen molar-refractivity contribution in [2.45, 2.75) is 89.3 Å². The molecule has 1 aromatic carbocycles. The van der Waals surface area contributed by atoms with Gasteiger partial charge in [-0.1, -0.05) is 12.0 Å². The van der Waals surface area contributed by atoms with Gasteiger partial charge in [-0.05, 0) is 76.0 Å². The Kier molecular flexibility index (Phi) is 11.3. The van der Waals surface area contributed by atoms with Crippen LogP contribution in [0.5, 0.6) is 11.6 Å². The molecule has 3 aliphatic rings. The van der Waals surface area contributed by atoms with E-state index in [1.807, 2.05) is 12.3 Å². The van der Waals surface area contributed by atoms with Gasteiger partial charge >= 0.3 is 0 Å². The summed E-state index contributed by atoms with van der Waals surface area (Å²) in [6.07, 6.45) is 20.4. The van der Waals surface area contributed by atoms with Gasteiger partial charge in [0.05, 0.1) is 43.2 Å². The normalized spacial score (nSPS) is 23.3. The maximum Gasteiger partial charge on any atom is 0.256 e. The fourth-order valence-electron chi connectivity index (χ4n) is 7.40. The topological polar surface area (TPSA) is 150 Å². The van der Waals surface area contributed by atoms with Gasteiger partial charge in [0.1, 0.15) is 30.2 Å². The lowest BCUT2D eigenvalue weighted by Crippen LogP contribution is -2.51. The van der Waals surface area contributed by atoms with Crippen LogP contribution in [0.4, 0.5) is 11.6 Å². The highest BCUT2D eigenvalue weighted by atomic mass is 16.5. The fourth-order valence-corrected chi connectivity index (χ4v) is 7.40. The standard InChI is InChI=1S/C38H46N10O4/c1-4-34(21-47-25-40-24-43-47)52-36-15-29(5-6-30(36)16-39)31-17-41-38(42-18-31)44-35-22-48(45-37(35)50-23-28-11-13-49-14-12-28)33-9-7-32(8-10-33)46-19-26(2)51-27(3)20-46/h1,5-6,15,17-18,22,24-28,32-34H,7-14,19-21,23H2,2-3H3,(H,41,42,44)/t26-,27+,32?,33?,34-/m0/s1. The van der Waals surface area contributed by atoms with Gasteiger partial charge in [0.25, 0.3) is 5.88 Å². The second kappa shape index (κ2) is 16.5. The number of nitrogens with one attached hydrogen (secondary N) is 1. The van der Waals surface area contributed by atoms with Crippen LogP contribution >= 0.6 is 0 Å². The Balaban J connectivity index is 1.04. The van der Waals surface area contributed by atoms with Gasteiger partial charge in [-0.15, -0.1) is 11.5 Å². The minimum Gasteiger partial charge on any atom is -0.475 e. The molecule has 3 aromatic heterocycles. The van der Waals surface area contributed by atoms with E-state index in [1.165, 1.54) is 6.33 Å². The molecule has 0 amide bonds. The van der Waals surface area contributed by atoms with Crippen LogP contribution in [-0.2, 0) is 16.0 Å². The first-order valence-corrected chi connectivity index (χ1v) is 18.2. The summed E-state index contributed by atoms with van der Waals surface area (Å²) >= 11 is 0. The van der Waals surface area contributed by atoms with Gasteiger partial charge in [-0.3, -0.25) is 9.58 Å². The highest BCUT2D eigenvalue weighted by Crippen LogP contribution is 2.36. The molecular weight excluding hydrogens is 660 g/mol. The summed E-state index contributed by atoms with van der Waals surface area (Å²) in [6.45, 7) is 8.73. The number of morpholine rings is 1. The molecule has 2 aliphatic heterocycles. The smallest absolute Gasteiger partial charge is 0.256 e. The lowest BCUT2D eigenvalue weighted by atomic mass is 9.89. The third kappa shape index (κ3) is 8.70. The summed E-state index contributed by atoms with van der Waals surface area (Å²) in [5.74, 6) is 4.39. The Hall–Kier alpha value is -5.02. The zero-order valence-corrected chi connectivity index (χ0v) is 29.8. The third-order valence-corrected chi connectivity index (χ3v) is 10.1. The first-order valence-electron chi connectivity index (χ1n) is 18.2. The summed E-state index contributed by atoms with van der Waals surface area (Å²) < 4.78 is 27.6. The fraction of sp³-hybridized carbons (Fsp3) is 0.526. The molecular formula is C38H46N10O4. The van der Waals surface area contributed by atoms with Gasteiger partial charge < -0.3 is 24.3 Å². The van der Waals surface area contributed by atoms with E-state index >= 15 is 0 Å². The number of terminal acetylenes is 1. The van der Waals surface area contributed by atoms with Crippen molar-refractivity contribution in [3.05, 3.63) is 55.0 Å². The van der Waals surface area contributed by atoms with Crippen molar-refractivity contribution in [2.24, 2.45) is 5.92 Å². The first kappa shape index (κ1) is 35.4. The summed E-state index contributed by atoms with van der Waals surface area (Å²) in [5, 5.41) is 22.2. The Morgan fingerprint density at radius 3 is 2.46 bits per heavy atom. The van der Waals surface area contributed by atoms with Crippen LogP contribution in [0.15, 0.2) is 49.4 Å². The molecule has 7 rings (SSSR count). The SMILES string of the molecule is C#C[C@@H](Cn1cncn1)Oc1cc(-c2cnc(Nc3cn(C4CCC(N5C[C@@H](C)O[C@@H](C)C5)CC4)nc3OCC3CCOCC3)nc2)ccc1C#N. The number of nitriles is 1. The third-order valence-electron chi connectivity index (χ3n) is 10.1. The molecule has 0 spiro atoms. The van der Waals surface area contributed by atoms with E-state index in [0.29, 0.717) is 48.3 Å². The predicted octanol–water partition coefficient (Wildman–Crippen LogP) is 5.03. The van der Waals surface area contributed by atoms with E-state index in [4.69, 9.17) is 30.5 Å². The molecule has 52 heavy (non-hydrogen) atoms. The van der Waals surface area contributed by atoms with Gasteiger partial charge in [0.2, 0.25) is 5.95 Å². The molecule has 3 atom stereocenters. The summed E-state index contributed by atoms with van der Waals surface area (Å²) in [7, 11) is 0. The van der Waals surface area contributed by atoms with E-state index in [2.05, 4.69) is 60.8 Å². The Labute approximate surface area is 304 Å². The largest absolute Gasteiger partial charge is 0.475 e. The van der Waals surface area contributed by atoms with Crippen molar-refractivity contribution in [3.8, 4) is 41.2 Å². The summed E-state index contributed by atoms with van der Waals surface area (Å²) in [6, 6.07) is 8.35. The number of hydrogen-bond acceptors (Lipinski definition) is 12. The number of benzene rings is 1. The zero-order valence-electron chi connectivity index (χ0n) is 29.8. The molecule has 14 nitrogen and oxygen atoms in total. The molecule has 0 radical (unpaired) electrons. The molecule has 1 N–H and O–H groups in total. The van der Waals surface area contributed by atoms with Crippen molar-refractivity contribution in [1.29, 1.82) is 5.26 Å². The highest BCUT2D eigenvalue weighted by Gasteiger charge is 2.32. The molecule has 1 saturated carbocycles. The molecule has 2 saturated heterocycles. The van der Waals surface area contributed by atoms with E-state index in [0.717, 1.165) is 81.6 Å². The van der Waals surface area contributed by atoms with Gasteiger partial charge in [0, 0.05) is 50.3 Å². The van der Waals surface area contributed by atoms with Crippen LogP contribution < -0.4 is 14.8 Å². The van der Waals surface area contributed by atoms with Crippen molar-refractivity contribution in [2.75, 3.05) is 38.2 Å². The van der Waals surface area contributed by atoms with Gasteiger partial charge in [-0.2, -0.15) is 10.4 Å².